The van der Waals surface area contributed by atoms with E-state index in [4.69, 9.17) is 5.10 Å². The highest BCUT2D eigenvalue weighted by Gasteiger charge is 2.21. The third kappa shape index (κ3) is 3.92. The molecular weight excluding hydrogens is 426 g/mol. The van der Waals surface area contributed by atoms with Crippen molar-refractivity contribution in [1.82, 2.24) is 34.7 Å². The molecule has 0 spiro atoms. The minimum Gasteiger partial charge on any atom is -0.368 e. The zero-order chi connectivity index (χ0) is 22.9. The minimum atomic E-state index is 0.529. The molecule has 1 aliphatic carbocycles. The average molecular weight is 456 g/mol. The van der Waals surface area contributed by atoms with Gasteiger partial charge in [0.1, 0.15) is 5.82 Å². The van der Waals surface area contributed by atoms with Gasteiger partial charge in [0.15, 0.2) is 0 Å². The second kappa shape index (κ2) is 8.90. The topological polar surface area (TPSA) is 88.2 Å². The average Bonchev–Trinajstić information content (AvgIpc) is 3.64. The highest BCUT2D eigenvalue weighted by atomic mass is 15.3. The molecule has 9 nitrogen and oxygen atoms in total. The van der Waals surface area contributed by atoms with Crippen LogP contribution in [0.25, 0.3) is 22.2 Å². The maximum Gasteiger partial charge on any atom is 0.246 e. The fraction of sp³-hybridized carbons (Fsp3) is 0.360. The van der Waals surface area contributed by atoms with Gasteiger partial charge in [-0.05, 0) is 50.0 Å². The Bertz CT molecular complexity index is 1330. The van der Waals surface area contributed by atoms with Crippen LogP contribution in [0, 0.1) is 0 Å². The Morgan fingerprint density at radius 3 is 2.74 bits per heavy atom. The van der Waals surface area contributed by atoms with Gasteiger partial charge in [-0.3, -0.25) is 4.68 Å². The number of nitrogens with one attached hydrogen (secondary N) is 2. The fourth-order valence-corrected chi connectivity index (χ4v) is 4.80. The molecule has 1 aliphatic heterocycles. The van der Waals surface area contributed by atoms with E-state index in [1.54, 1.807) is 0 Å². The van der Waals surface area contributed by atoms with Gasteiger partial charge in [0.25, 0.3) is 0 Å². The van der Waals surface area contributed by atoms with Gasteiger partial charge in [0.2, 0.25) is 5.95 Å². The summed E-state index contributed by atoms with van der Waals surface area (Å²) in [6, 6.07) is 6.26. The molecule has 0 atom stereocenters. The Labute approximate surface area is 198 Å². The highest BCUT2D eigenvalue weighted by molar-refractivity contribution is 5.84. The third-order valence-corrected chi connectivity index (χ3v) is 6.60. The summed E-state index contributed by atoms with van der Waals surface area (Å²) in [5.41, 5.74) is 6.84. The summed E-state index contributed by atoms with van der Waals surface area (Å²) in [6.45, 7) is 6.95. The Morgan fingerprint density at radius 2 is 2.00 bits per heavy atom. The minimum absolute atomic E-state index is 0.529. The molecule has 1 fully saturated rings. The summed E-state index contributed by atoms with van der Waals surface area (Å²) in [7, 11) is 0. The van der Waals surface area contributed by atoms with Gasteiger partial charge in [-0.1, -0.05) is 6.08 Å². The van der Waals surface area contributed by atoms with Crippen LogP contribution in [-0.2, 0) is 6.54 Å². The van der Waals surface area contributed by atoms with Crippen molar-refractivity contribution in [3.63, 3.8) is 0 Å². The molecule has 6 rings (SSSR count). The summed E-state index contributed by atoms with van der Waals surface area (Å²) in [5, 5.41) is 16.0. The van der Waals surface area contributed by atoms with Crippen molar-refractivity contribution in [2.75, 3.05) is 36.4 Å². The monoisotopic (exact) mass is 455 g/mol. The number of nitrogens with zero attached hydrogens (tertiary/aromatic N) is 7. The van der Waals surface area contributed by atoms with Crippen molar-refractivity contribution in [2.24, 2.45) is 0 Å². The quantitative estimate of drug-likeness (QED) is 0.458. The number of rotatable bonds is 6. The van der Waals surface area contributed by atoms with E-state index in [1.807, 2.05) is 33.9 Å². The molecule has 0 radical (unpaired) electrons. The summed E-state index contributed by atoms with van der Waals surface area (Å²) in [4.78, 5) is 11.5. The summed E-state index contributed by atoms with van der Waals surface area (Å²) in [5.74, 6) is 1.26. The summed E-state index contributed by atoms with van der Waals surface area (Å²) in [6.07, 6.45) is 13.5. The molecule has 4 aromatic rings. The van der Waals surface area contributed by atoms with Crippen molar-refractivity contribution >= 4 is 28.5 Å². The van der Waals surface area contributed by atoms with Crippen molar-refractivity contribution < 1.29 is 0 Å². The van der Waals surface area contributed by atoms with Crippen LogP contribution < -0.4 is 15.5 Å². The lowest BCUT2D eigenvalue weighted by molar-refractivity contribution is 0.589. The fourth-order valence-electron chi connectivity index (χ4n) is 4.80. The lowest BCUT2D eigenvalue weighted by atomic mass is 10.0. The number of hydrogen-bond donors (Lipinski definition) is 2. The largest absolute Gasteiger partial charge is 0.368 e. The lowest BCUT2D eigenvalue weighted by Gasteiger charge is -2.29. The molecule has 5 heterocycles. The van der Waals surface area contributed by atoms with Crippen LogP contribution in [0.3, 0.4) is 0 Å². The molecule has 0 aromatic carbocycles. The predicted molar refractivity (Wildman–Crippen MR) is 134 cm³/mol. The van der Waals surface area contributed by atoms with E-state index >= 15 is 0 Å². The van der Waals surface area contributed by atoms with E-state index in [0.29, 0.717) is 5.95 Å². The van der Waals surface area contributed by atoms with Gasteiger partial charge in [0.05, 0.1) is 35.5 Å². The first-order chi connectivity index (χ1) is 16.8. The highest BCUT2D eigenvalue weighted by Crippen LogP contribution is 2.37. The van der Waals surface area contributed by atoms with Crippen LogP contribution >= 0.6 is 0 Å². The number of aryl methyl sites for hydroxylation is 1. The second-order valence-electron chi connectivity index (χ2n) is 8.80. The first-order valence-corrected chi connectivity index (χ1v) is 12.1. The first kappa shape index (κ1) is 20.9. The molecular formula is C25H29N9. The van der Waals surface area contributed by atoms with Crippen LogP contribution in [0.5, 0.6) is 0 Å². The zero-order valence-corrected chi connectivity index (χ0v) is 19.4. The summed E-state index contributed by atoms with van der Waals surface area (Å²) < 4.78 is 3.97. The van der Waals surface area contributed by atoms with Gasteiger partial charge in [0, 0.05) is 50.0 Å². The molecule has 0 amide bonds. The van der Waals surface area contributed by atoms with Crippen LogP contribution in [0.4, 0.5) is 17.5 Å². The van der Waals surface area contributed by atoms with Crippen molar-refractivity contribution in [2.45, 2.75) is 32.7 Å². The molecule has 9 heteroatoms. The maximum atomic E-state index is 4.87. The second-order valence-corrected chi connectivity index (χ2v) is 8.80. The predicted octanol–water partition coefficient (Wildman–Crippen LogP) is 3.73. The Hall–Kier alpha value is -3.72. The van der Waals surface area contributed by atoms with Crippen LogP contribution in [-0.4, -0.2) is 55.5 Å². The van der Waals surface area contributed by atoms with Gasteiger partial charge in [-0.15, -0.1) is 5.10 Å². The Balaban J connectivity index is 1.33. The zero-order valence-electron chi connectivity index (χ0n) is 19.4. The summed E-state index contributed by atoms with van der Waals surface area (Å²) >= 11 is 0. The smallest absolute Gasteiger partial charge is 0.246 e. The Morgan fingerprint density at radius 1 is 1.09 bits per heavy atom. The van der Waals surface area contributed by atoms with E-state index < -0.39 is 0 Å². The molecule has 2 N–H and O–H groups in total. The van der Waals surface area contributed by atoms with E-state index in [2.05, 4.69) is 61.9 Å². The maximum absolute atomic E-state index is 4.87. The first-order valence-electron chi connectivity index (χ1n) is 12.1. The molecule has 2 aliphatic rings. The Kier molecular flexibility index (Phi) is 5.46. The molecule has 0 saturated carbocycles. The van der Waals surface area contributed by atoms with E-state index in [0.717, 1.165) is 79.4 Å². The number of hydrogen-bond acceptors (Lipinski definition) is 7. The van der Waals surface area contributed by atoms with Crippen molar-refractivity contribution in [3.05, 3.63) is 54.8 Å². The van der Waals surface area contributed by atoms with Gasteiger partial charge in [-0.2, -0.15) is 5.10 Å². The number of anilines is 3. The molecule has 174 valence electrons. The number of fused-ring (bicyclic) bond motifs is 1. The molecule has 1 saturated heterocycles. The molecule has 0 unspecified atom stereocenters. The standard InChI is InChI=1S/C25H29N9/c1-2-33-17-19(14-29-33)22-13-21-16-28-25(31-34(21)24(22)18-5-3-4-6-18)30-23-8-7-20(15-27-23)32-11-9-26-10-12-32/h5,7-8,13-17,26H,2-4,6,9-12H2,1H3,(H,27,30,31). The van der Waals surface area contributed by atoms with Gasteiger partial charge < -0.3 is 15.5 Å². The number of piperazine rings is 1. The van der Waals surface area contributed by atoms with Crippen molar-refractivity contribution in [1.29, 1.82) is 0 Å². The van der Waals surface area contributed by atoms with E-state index in [-0.39, 0.29) is 0 Å². The lowest BCUT2D eigenvalue weighted by Crippen LogP contribution is -2.43. The van der Waals surface area contributed by atoms with Crippen LogP contribution in [0.15, 0.2) is 49.1 Å². The number of aromatic nitrogens is 6. The van der Waals surface area contributed by atoms with E-state index in [1.165, 1.54) is 12.0 Å². The van der Waals surface area contributed by atoms with Gasteiger partial charge in [-0.25, -0.2) is 14.5 Å². The molecule has 0 bridgehead atoms. The van der Waals surface area contributed by atoms with Crippen LogP contribution in [0.2, 0.25) is 0 Å². The SMILES string of the molecule is CCn1cc(-c2cc3cnc(Nc4ccc(N5CCNCC5)cn4)nn3c2C2=CCCC2)cn1. The number of pyridine rings is 1. The third-order valence-electron chi connectivity index (χ3n) is 6.60. The number of allylic oxidation sites excluding steroid dienone is 2. The molecule has 34 heavy (non-hydrogen) atoms. The normalized spacial score (nSPS) is 16.3. The molecule has 4 aromatic heterocycles. The van der Waals surface area contributed by atoms with Gasteiger partial charge >= 0.3 is 0 Å². The van der Waals surface area contributed by atoms with Crippen LogP contribution in [0.1, 0.15) is 31.9 Å². The van der Waals surface area contributed by atoms with E-state index in [9.17, 15) is 0 Å². The van der Waals surface area contributed by atoms with Crippen molar-refractivity contribution in [3.8, 4) is 11.1 Å².